The van der Waals surface area contributed by atoms with Gasteiger partial charge in [0.1, 0.15) is 6.54 Å². The summed E-state index contributed by atoms with van der Waals surface area (Å²) in [7, 11) is 3.53. The maximum absolute atomic E-state index is 12.6. The van der Waals surface area contributed by atoms with Crippen LogP contribution in [0.15, 0.2) is 0 Å². The molecule has 1 rings (SSSR count). The topological polar surface area (TPSA) is 114 Å². The molecule has 1 unspecified atom stereocenters. The van der Waals surface area contributed by atoms with E-state index in [-0.39, 0.29) is 49.3 Å². The highest BCUT2D eigenvalue weighted by Gasteiger charge is 2.49. The maximum Gasteiger partial charge on any atom is 0.364 e. The Labute approximate surface area is 213 Å². The number of halogens is 1. The molecule has 0 amide bonds. The van der Waals surface area contributed by atoms with Gasteiger partial charge in [0.25, 0.3) is 0 Å². The van der Waals surface area contributed by atoms with Crippen LogP contribution in [0, 0.1) is 12.3 Å². The van der Waals surface area contributed by atoms with Gasteiger partial charge in [0, 0.05) is 19.3 Å². The second-order valence-corrected chi connectivity index (χ2v) is 8.83. The van der Waals surface area contributed by atoms with Gasteiger partial charge in [0.05, 0.1) is 20.7 Å². The number of hydrogen-bond donors (Lipinski definition) is 0. The largest absolute Gasteiger partial charge is 1.00 e. The zero-order valence-electron chi connectivity index (χ0n) is 21.3. The summed E-state index contributed by atoms with van der Waals surface area (Å²) in [6.45, 7) is 5.46. The molecule has 0 aromatic carbocycles. The fourth-order valence-corrected chi connectivity index (χ4v) is 3.29. The van der Waals surface area contributed by atoms with Crippen LogP contribution in [-0.4, -0.2) is 86.8 Å². The van der Waals surface area contributed by atoms with E-state index in [1.54, 1.807) is 21.0 Å². The number of carbonyl (C=O) groups is 4. The molecule has 0 radical (unpaired) electrons. The van der Waals surface area contributed by atoms with Crippen LogP contribution in [0.5, 0.6) is 0 Å². The number of carbonyl (C=O) groups excluding carboxylic acids is 4. The summed E-state index contributed by atoms with van der Waals surface area (Å²) in [6, 6.07) is 0. The summed E-state index contributed by atoms with van der Waals surface area (Å²) in [5, 5.41) is 0. The van der Waals surface area contributed by atoms with Crippen LogP contribution in [0.3, 0.4) is 0 Å². The molecule has 35 heavy (non-hydrogen) atoms. The smallest absolute Gasteiger partial charge is 0.364 e. The molecule has 1 fully saturated rings. The summed E-state index contributed by atoms with van der Waals surface area (Å²) in [5.41, 5.74) is 0. The molecule has 1 heterocycles. The van der Waals surface area contributed by atoms with Crippen LogP contribution in [0.4, 0.5) is 0 Å². The number of esters is 4. The fraction of sp³-hybridized carbons (Fsp3) is 0.750. The van der Waals surface area contributed by atoms with E-state index in [0.29, 0.717) is 25.8 Å². The van der Waals surface area contributed by atoms with Gasteiger partial charge >= 0.3 is 23.9 Å². The first kappa shape index (κ1) is 32.7. The van der Waals surface area contributed by atoms with Crippen LogP contribution >= 0.6 is 0 Å². The molecule has 10 nitrogen and oxygen atoms in total. The van der Waals surface area contributed by atoms with E-state index in [1.165, 1.54) is 0 Å². The minimum Gasteiger partial charge on any atom is -1.00 e. The predicted molar refractivity (Wildman–Crippen MR) is 121 cm³/mol. The normalized spacial score (nSPS) is 21.6. The highest BCUT2D eigenvalue weighted by atomic mass is 35.5. The average molecular weight is 520 g/mol. The molecule has 4 atom stereocenters. The number of likely N-dealkylation sites (N-methyl/N-ethyl adjacent to an activating group) is 1. The summed E-state index contributed by atoms with van der Waals surface area (Å²) in [4.78, 5) is 49.5. The maximum atomic E-state index is 12.6. The van der Waals surface area contributed by atoms with Crippen molar-refractivity contribution < 1.29 is 59.8 Å². The van der Waals surface area contributed by atoms with Crippen molar-refractivity contribution in [1.82, 2.24) is 0 Å². The Morgan fingerprint density at radius 3 is 1.80 bits per heavy atom. The Kier molecular flexibility index (Phi) is 15.2. The molecule has 0 bridgehead atoms. The zero-order valence-corrected chi connectivity index (χ0v) is 22.0. The first-order valence-corrected chi connectivity index (χ1v) is 11.7. The van der Waals surface area contributed by atoms with Gasteiger partial charge in [-0.25, -0.2) is 4.79 Å². The molecule has 0 spiro atoms. The van der Waals surface area contributed by atoms with Crippen molar-refractivity contribution in [2.75, 3.05) is 33.8 Å². The Morgan fingerprint density at radius 2 is 1.31 bits per heavy atom. The number of nitrogens with zero attached hydrogens (tertiary/aromatic N) is 1. The second kappa shape index (κ2) is 16.3. The van der Waals surface area contributed by atoms with Crippen LogP contribution in [-0.2, 0) is 42.9 Å². The van der Waals surface area contributed by atoms with Gasteiger partial charge in [0.15, 0.2) is 18.8 Å². The van der Waals surface area contributed by atoms with E-state index in [4.69, 9.17) is 30.1 Å². The molecule has 0 N–H and O–H groups in total. The van der Waals surface area contributed by atoms with Crippen molar-refractivity contribution in [2.24, 2.45) is 0 Å². The lowest BCUT2D eigenvalue weighted by atomic mass is 10.0. The van der Waals surface area contributed by atoms with E-state index in [0.717, 1.165) is 0 Å². The number of ether oxygens (including phenoxy) is 5. The lowest BCUT2D eigenvalue weighted by Crippen LogP contribution is -3.00. The van der Waals surface area contributed by atoms with Crippen molar-refractivity contribution in [3.8, 4) is 12.3 Å². The predicted octanol–water partition coefficient (Wildman–Crippen LogP) is -1.26. The Bertz CT molecular complexity index is 750. The van der Waals surface area contributed by atoms with Gasteiger partial charge in [-0.15, -0.1) is 6.42 Å². The minimum absolute atomic E-state index is 0. The van der Waals surface area contributed by atoms with Crippen LogP contribution in [0.2, 0.25) is 0 Å². The molecule has 0 aliphatic carbocycles. The zero-order chi connectivity index (χ0) is 25.7. The van der Waals surface area contributed by atoms with Gasteiger partial charge in [-0.05, 0) is 25.2 Å². The molecule has 1 aliphatic rings. The molecule has 0 aromatic heterocycles. The third kappa shape index (κ3) is 11.8. The van der Waals surface area contributed by atoms with Gasteiger partial charge in [0.2, 0.25) is 12.4 Å². The van der Waals surface area contributed by atoms with E-state index in [1.807, 2.05) is 13.8 Å². The van der Waals surface area contributed by atoms with Crippen molar-refractivity contribution in [3.63, 3.8) is 0 Å². The standard InChI is InChI=1S/C24H38NO9.ClH/c1-7-11-18(26)31-17-16-30-24(34-21(29)15-25(5,6)14-10-4)23(33-20(28)13-9-3)22(17)32-19(27)12-8-2;/h4,17,22-24H,7-9,11-16H2,1-3,5-6H3;1H/q+1;/p-1/t17-,22+,23-,24?;/m1./s1. The molecule has 11 heteroatoms. The van der Waals surface area contributed by atoms with Gasteiger partial charge in [-0.1, -0.05) is 20.8 Å². The van der Waals surface area contributed by atoms with E-state index >= 15 is 0 Å². The molecular formula is C24H38ClNO9. The SMILES string of the molecule is C#CC[N+](C)(C)CC(=O)OC1OC[C@@H](OC(=O)CCC)[C@H](OC(=O)CCC)[C@H]1OC(=O)CCC.[Cl-]. The van der Waals surface area contributed by atoms with Crippen molar-refractivity contribution >= 4 is 23.9 Å². The van der Waals surface area contributed by atoms with Gasteiger partial charge in [-0.2, -0.15) is 0 Å². The number of terminal acetylenes is 1. The van der Waals surface area contributed by atoms with E-state index < -0.39 is 48.5 Å². The molecule has 1 saturated heterocycles. The molecule has 0 aromatic rings. The van der Waals surface area contributed by atoms with Crippen molar-refractivity contribution in [3.05, 3.63) is 0 Å². The highest BCUT2D eigenvalue weighted by molar-refractivity contribution is 5.72. The van der Waals surface area contributed by atoms with Crippen LogP contribution in [0.25, 0.3) is 0 Å². The third-order valence-corrected chi connectivity index (χ3v) is 4.89. The Balaban J connectivity index is 0.0000116. The van der Waals surface area contributed by atoms with Crippen LogP contribution in [0.1, 0.15) is 59.3 Å². The summed E-state index contributed by atoms with van der Waals surface area (Å²) in [6.07, 6.45) is 2.47. The van der Waals surface area contributed by atoms with Gasteiger partial charge < -0.3 is 40.6 Å². The van der Waals surface area contributed by atoms with E-state index in [9.17, 15) is 19.2 Å². The summed E-state index contributed by atoms with van der Waals surface area (Å²) in [5.74, 6) is 0.215. The lowest BCUT2D eigenvalue weighted by molar-refractivity contribution is -0.875. The molecule has 1 aliphatic heterocycles. The lowest BCUT2D eigenvalue weighted by Gasteiger charge is -2.40. The number of quaternary nitrogens is 1. The second-order valence-electron chi connectivity index (χ2n) is 8.83. The Morgan fingerprint density at radius 1 is 0.829 bits per heavy atom. The van der Waals surface area contributed by atoms with Crippen molar-refractivity contribution in [1.29, 1.82) is 0 Å². The number of hydrogen-bond acceptors (Lipinski definition) is 9. The number of rotatable bonds is 13. The molecule has 200 valence electrons. The quantitative estimate of drug-likeness (QED) is 0.127. The Hall–Kier alpha value is -2.35. The summed E-state index contributed by atoms with van der Waals surface area (Å²) >= 11 is 0. The minimum atomic E-state index is -1.35. The first-order valence-electron chi connectivity index (χ1n) is 11.7. The summed E-state index contributed by atoms with van der Waals surface area (Å²) < 4.78 is 27.9. The van der Waals surface area contributed by atoms with Crippen LogP contribution < -0.4 is 12.4 Å². The molecule has 0 saturated carbocycles. The third-order valence-electron chi connectivity index (χ3n) is 4.89. The van der Waals surface area contributed by atoms with E-state index in [2.05, 4.69) is 5.92 Å². The fourth-order valence-electron chi connectivity index (χ4n) is 3.29. The average Bonchev–Trinajstić information content (AvgIpc) is 2.72. The van der Waals surface area contributed by atoms with Crippen molar-refractivity contribution in [2.45, 2.75) is 83.9 Å². The monoisotopic (exact) mass is 519 g/mol. The highest BCUT2D eigenvalue weighted by Crippen LogP contribution is 2.26. The van der Waals surface area contributed by atoms with Gasteiger partial charge in [-0.3, -0.25) is 14.4 Å². The first-order chi connectivity index (χ1) is 16.1. The molecular weight excluding hydrogens is 482 g/mol.